The third-order valence-electron chi connectivity index (χ3n) is 6.09. The summed E-state index contributed by atoms with van der Waals surface area (Å²) in [6.07, 6.45) is -0.710. The zero-order chi connectivity index (χ0) is 22.6. The average molecular weight is 475 g/mol. The number of nitrogens with zero attached hydrogens (tertiary/aromatic N) is 2. The SMILES string of the molecule is CC(C)c1ccc2c(C3=N[C@H]4[C@H](OC[C@@H](O)[C@@H]4O)O3)cn(Cc3ccc(Cl)c(Cl)c3)c2c1. The van der Waals surface area contributed by atoms with E-state index in [1.807, 2.05) is 18.3 Å². The first-order valence-electron chi connectivity index (χ1n) is 10.6. The van der Waals surface area contributed by atoms with Crippen LogP contribution in [0, 0.1) is 0 Å². The van der Waals surface area contributed by atoms with Crippen LogP contribution in [-0.4, -0.2) is 51.8 Å². The first-order chi connectivity index (χ1) is 15.3. The second-order valence-electron chi connectivity index (χ2n) is 8.65. The van der Waals surface area contributed by atoms with Crippen LogP contribution in [-0.2, 0) is 16.0 Å². The number of ether oxygens (including phenoxy) is 2. The molecule has 32 heavy (non-hydrogen) atoms. The number of aromatic nitrogens is 1. The summed E-state index contributed by atoms with van der Waals surface area (Å²) >= 11 is 12.3. The maximum atomic E-state index is 10.3. The third kappa shape index (κ3) is 3.80. The molecule has 0 bridgehead atoms. The molecule has 1 aromatic heterocycles. The topological polar surface area (TPSA) is 76.2 Å². The fourth-order valence-electron chi connectivity index (χ4n) is 4.23. The second kappa shape index (κ2) is 8.36. The smallest absolute Gasteiger partial charge is 0.227 e. The lowest BCUT2D eigenvalue weighted by Crippen LogP contribution is -2.50. The van der Waals surface area contributed by atoms with E-state index in [0.29, 0.717) is 28.4 Å². The number of benzene rings is 2. The molecule has 2 aliphatic heterocycles. The van der Waals surface area contributed by atoms with Gasteiger partial charge >= 0.3 is 0 Å². The van der Waals surface area contributed by atoms with Gasteiger partial charge in [0.25, 0.3) is 0 Å². The molecule has 8 heteroatoms. The second-order valence-corrected chi connectivity index (χ2v) is 9.47. The van der Waals surface area contributed by atoms with Gasteiger partial charge in [-0.15, -0.1) is 0 Å². The molecule has 0 amide bonds. The van der Waals surface area contributed by atoms with E-state index in [-0.39, 0.29) is 6.61 Å². The Morgan fingerprint density at radius 2 is 1.94 bits per heavy atom. The van der Waals surface area contributed by atoms with Crippen LogP contribution in [0.4, 0.5) is 0 Å². The number of hydrogen-bond acceptors (Lipinski definition) is 5. The Morgan fingerprint density at radius 3 is 2.69 bits per heavy atom. The molecule has 0 unspecified atom stereocenters. The Hall–Kier alpha value is -2.09. The minimum absolute atomic E-state index is 0.0158. The van der Waals surface area contributed by atoms with Gasteiger partial charge in [-0.3, -0.25) is 0 Å². The molecule has 3 heterocycles. The maximum Gasteiger partial charge on any atom is 0.227 e. The quantitative estimate of drug-likeness (QED) is 0.589. The van der Waals surface area contributed by atoms with Crippen molar-refractivity contribution in [1.82, 2.24) is 4.57 Å². The number of hydrogen-bond donors (Lipinski definition) is 2. The Morgan fingerprint density at radius 1 is 1.12 bits per heavy atom. The zero-order valence-corrected chi connectivity index (χ0v) is 19.2. The van der Waals surface area contributed by atoms with Gasteiger partial charge in [0, 0.05) is 23.6 Å². The molecular formula is C24H24Cl2N2O4. The van der Waals surface area contributed by atoms with Gasteiger partial charge < -0.3 is 24.3 Å². The van der Waals surface area contributed by atoms with Crippen molar-refractivity contribution in [3.05, 3.63) is 69.3 Å². The zero-order valence-electron chi connectivity index (χ0n) is 17.7. The van der Waals surface area contributed by atoms with Crippen molar-refractivity contribution in [1.29, 1.82) is 0 Å². The van der Waals surface area contributed by atoms with Crippen LogP contribution in [0.3, 0.4) is 0 Å². The van der Waals surface area contributed by atoms with Crippen molar-refractivity contribution in [2.75, 3.05) is 6.61 Å². The lowest BCUT2D eigenvalue weighted by Gasteiger charge is -2.31. The summed E-state index contributed by atoms with van der Waals surface area (Å²) in [5.41, 5.74) is 4.10. The molecule has 6 nitrogen and oxygen atoms in total. The number of halogens is 2. The summed E-state index contributed by atoms with van der Waals surface area (Å²) in [4.78, 5) is 4.57. The van der Waals surface area contributed by atoms with Gasteiger partial charge in [0.05, 0.1) is 22.2 Å². The van der Waals surface area contributed by atoms with Crippen molar-refractivity contribution in [2.45, 2.75) is 50.8 Å². The highest BCUT2D eigenvalue weighted by Crippen LogP contribution is 2.33. The molecular weight excluding hydrogens is 451 g/mol. The van der Waals surface area contributed by atoms with Crippen molar-refractivity contribution in [3.8, 4) is 0 Å². The van der Waals surface area contributed by atoms with Gasteiger partial charge in [0.1, 0.15) is 18.2 Å². The molecule has 5 rings (SSSR count). The fourth-order valence-corrected chi connectivity index (χ4v) is 4.55. The van der Waals surface area contributed by atoms with Gasteiger partial charge in [0.15, 0.2) is 0 Å². The number of aliphatic hydroxyl groups excluding tert-OH is 2. The largest absolute Gasteiger partial charge is 0.445 e. The van der Waals surface area contributed by atoms with E-state index in [4.69, 9.17) is 32.7 Å². The predicted molar refractivity (Wildman–Crippen MR) is 125 cm³/mol. The lowest BCUT2D eigenvalue weighted by molar-refractivity contribution is -0.187. The standard InChI is InChI=1S/C24H24Cl2N2O4/c1-12(2)14-4-5-15-16(23-27-21-22(30)20(29)11-31-24(21)32-23)10-28(19(15)8-14)9-13-3-6-17(25)18(26)7-13/h3-8,10,12,20-22,24,29-30H,9,11H2,1-2H3/t20-,21-,22+,24-/m1/s1. The van der Waals surface area contributed by atoms with Crippen molar-refractivity contribution < 1.29 is 19.7 Å². The van der Waals surface area contributed by atoms with E-state index in [1.54, 1.807) is 6.07 Å². The summed E-state index contributed by atoms with van der Waals surface area (Å²) in [7, 11) is 0. The molecule has 3 aromatic rings. The Labute approximate surface area is 196 Å². The minimum Gasteiger partial charge on any atom is -0.445 e. The molecule has 2 N–H and O–H groups in total. The maximum absolute atomic E-state index is 10.3. The Balaban J connectivity index is 1.58. The van der Waals surface area contributed by atoms with E-state index in [9.17, 15) is 10.2 Å². The molecule has 1 fully saturated rings. The summed E-state index contributed by atoms with van der Waals surface area (Å²) in [6.45, 7) is 4.93. The molecule has 0 spiro atoms. The highest BCUT2D eigenvalue weighted by Gasteiger charge is 2.45. The molecule has 0 radical (unpaired) electrons. The van der Waals surface area contributed by atoms with E-state index in [1.165, 1.54) is 5.56 Å². The first kappa shape index (κ1) is 21.7. The highest BCUT2D eigenvalue weighted by atomic mass is 35.5. The normalized spacial score (nSPS) is 25.2. The van der Waals surface area contributed by atoms with Crippen LogP contribution in [0.25, 0.3) is 10.9 Å². The minimum atomic E-state index is -1.02. The Kier molecular flexibility index (Phi) is 5.68. The lowest BCUT2D eigenvalue weighted by atomic mass is 10.0. The van der Waals surface area contributed by atoms with E-state index < -0.39 is 24.5 Å². The van der Waals surface area contributed by atoms with Gasteiger partial charge in [0.2, 0.25) is 12.2 Å². The van der Waals surface area contributed by atoms with Crippen LogP contribution in [0.2, 0.25) is 10.0 Å². The molecule has 0 aliphatic carbocycles. The van der Waals surface area contributed by atoms with Crippen LogP contribution >= 0.6 is 23.2 Å². The molecule has 4 atom stereocenters. The average Bonchev–Trinajstić information content (AvgIpc) is 3.35. The molecule has 168 valence electrons. The van der Waals surface area contributed by atoms with E-state index >= 15 is 0 Å². The first-order valence-corrected chi connectivity index (χ1v) is 11.4. The summed E-state index contributed by atoms with van der Waals surface area (Å²) in [5, 5.41) is 22.3. The van der Waals surface area contributed by atoms with Gasteiger partial charge in [-0.05, 0) is 35.2 Å². The Bertz CT molecular complexity index is 1210. The highest BCUT2D eigenvalue weighted by molar-refractivity contribution is 6.42. The predicted octanol–water partition coefficient (Wildman–Crippen LogP) is 4.34. The van der Waals surface area contributed by atoms with Crippen molar-refractivity contribution >= 4 is 40.0 Å². The number of fused-ring (bicyclic) bond motifs is 2. The van der Waals surface area contributed by atoms with Crippen LogP contribution < -0.4 is 0 Å². The summed E-state index contributed by atoms with van der Waals surface area (Å²) in [5.74, 6) is 0.785. The molecule has 1 saturated heterocycles. The van der Waals surface area contributed by atoms with E-state index in [0.717, 1.165) is 22.0 Å². The number of rotatable bonds is 4. The van der Waals surface area contributed by atoms with Gasteiger partial charge in [-0.1, -0.05) is 55.2 Å². The third-order valence-corrected chi connectivity index (χ3v) is 6.83. The van der Waals surface area contributed by atoms with Crippen molar-refractivity contribution in [3.63, 3.8) is 0 Å². The molecule has 2 aromatic carbocycles. The fraction of sp³-hybridized carbons (Fsp3) is 0.375. The summed E-state index contributed by atoms with van der Waals surface area (Å²) in [6, 6.07) is 11.3. The van der Waals surface area contributed by atoms with Gasteiger partial charge in [-0.25, -0.2) is 4.99 Å². The van der Waals surface area contributed by atoms with Crippen molar-refractivity contribution in [2.24, 2.45) is 4.99 Å². The van der Waals surface area contributed by atoms with Crippen LogP contribution in [0.5, 0.6) is 0 Å². The van der Waals surface area contributed by atoms with E-state index in [2.05, 4.69) is 41.6 Å². The van der Waals surface area contributed by atoms with Crippen LogP contribution in [0.1, 0.15) is 36.5 Å². The number of aliphatic hydroxyl groups is 2. The monoisotopic (exact) mass is 474 g/mol. The van der Waals surface area contributed by atoms with Gasteiger partial charge in [-0.2, -0.15) is 0 Å². The molecule has 0 saturated carbocycles. The van der Waals surface area contributed by atoms with Crippen LogP contribution in [0.15, 0.2) is 47.6 Å². The number of aliphatic imine (C=N–C) groups is 1. The summed E-state index contributed by atoms with van der Waals surface area (Å²) < 4.78 is 13.6. The molecule has 2 aliphatic rings.